The minimum Gasteiger partial charge on any atom is -0.507 e. The minimum atomic E-state index is -1.36. The fourth-order valence-electron chi connectivity index (χ4n) is 3.73. The number of aliphatic hydroxyl groups is 1. The summed E-state index contributed by atoms with van der Waals surface area (Å²) in [4.78, 5) is 37.0. The third-order valence-electron chi connectivity index (χ3n) is 5.09. The van der Waals surface area contributed by atoms with Crippen LogP contribution in [0.5, 0.6) is 11.5 Å². The summed E-state index contributed by atoms with van der Waals surface area (Å²) in [6.45, 7) is 0. The Morgan fingerprint density at radius 3 is 2.47 bits per heavy atom. The number of ketones is 2. The van der Waals surface area contributed by atoms with Crippen LogP contribution in [0.25, 0.3) is 5.76 Å². The second kappa shape index (κ2) is 7.03. The molecule has 9 nitrogen and oxygen atoms in total. The quantitative estimate of drug-likeness (QED) is 0.449. The molecule has 9 heteroatoms. The smallest absolute Gasteiger partial charge is 0.317 e. The summed E-state index contributed by atoms with van der Waals surface area (Å²) < 4.78 is 10.8. The molecule has 1 aliphatic heterocycles. The van der Waals surface area contributed by atoms with E-state index >= 15 is 0 Å². The normalized spacial score (nSPS) is 17.9. The summed E-state index contributed by atoms with van der Waals surface area (Å²) in [5, 5.41) is 25.5. The van der Waals surface area contributed by atoms with Crippen LogP contribution in [0, 0.1) is 10.1 Å². The summed E-state index contributed by atoms with van der Waals surface area (Å²) in [5.74, 6) is -3.29. The van der Waals surface area contributed by atoms with Crippen molar-refractivity contribution in [3.8, 4) is 11.5 Å². The van der Waals surface area contributed by atoms with Crippen LogP contribution in [0.1, 0.15) is 27.4 Å². The number of carbonyl (C=O) groups excluding carboxylic acids is 2. The Kier molecular flexibility index (Phi) is 4.50. The zero-order valence-corrected chi connectivity index (χ0v) is 16.0. The molecule has 2 aromatic rings. The molecule has 1 heterocycles. The Hall–Kier alpha value is -4.14. The van der Waals surface area contributed by atoms with Crippen molar-refractivity contribution >= 4 is 17.3 Å². The standard InChI is InChI=1S/C21H16N2O7/c1-22-21-17(23(27)28)15(13-9-10(29-2)7-8-14(13)30-21)16-18(24)11-5-3-4-6-12(11)19(25)20(16)26/h3-9,15,22,24H,1-2H3. The van der Waals surface area contributed by atoms with E-state index in [4.69, 9.17) is 9.47 Å². The highest BCUT2D eigenvalue weighted by Crippen LogP contribution is 2.47. The number of allylic oxidation sites excluding steroid dienone is 1. The van der Waals surface area contributed by atoms with Crippen LogP contribution in [-0.4, -0.2) is 35.8 Å². The number of nitrogens with zero attached hydrogens (tertiary/aromatic N) is 1. The summed E-state index contributed by atoms with van der Waals surface area (Å²) in [6.07, 6.45) is 0. The second-order valence-electron chi connectivity index (χ2n) is 6.63. The maximum Gasteiger partial charge on any atom is 0.317 e. The zero-order valence-electron chi connectivity index (χ0n) is 16.0. The largest absolute Gasteiger partial charge is 0.507 e. The number of hydrogen-bond acceptors (Lipinski definition) is 8. The molecule has 1 atom stereocenters. The summed E-state index contributed by atoms with van der Waals surface area (Å²) in [6, 6.07) is 10.7. The molecular weight excluding hydrogens is 392 g/mol. The molecule has 152 valence electrons. The molecule has 30 heavy (non-hydrogen) atoms. The van der Waals surface area contributed by atoms with Crippen LogP contribution in [0.4, 0.5) is 0 Å². The van der Waals surface area contributed by atoms with Crippen LogP contribution in [0.15, 0.2) is 59.6 Å². The van der Waals surface area contributed by atoms with Gasteiger partial charge in [0.05, 0.1) is 17.6 Å². The van der Waals surface area contributed by atoms with E-state index in [2.05, 4.69) is 5.32 Å². The van der Waals surface area contributed by atoms with Crippen molar-refractivity contribution in [1.82, 2.24) is 5.32 Å². The van der Waals surface area contributed by atoms with Crippen molar-refractivity contribution < 1.29 is 29.1 Å². The van der Waals surface area contributed by atoms with Crippen LogP contribution >= 0.6 is 0 Å². The number of rotatable bonds is 4. The third kappa shape index (κ3) is 2.71. The van der Waals surface area contributed by atoms with Crippen molar-refractivity contribution in [2.24, 2.45) is 0 Å². The van der Waals surface area contributed by atoms with Gasteiger partial charge in [0.2, 0.25) is 11.6 Å². The SMILES string of the molecule is CNC1=C([N+](=O)[O-])C(C2=C(O)c3ccccc3C(=O)C2=O)c2cc(OC)ccc2O1. The molecule has 0 fully saturated rings. The van der Waals surface area contributed by atoms with Crippen molar-refractivity contribution in [2.45, 2.75) is 5.92 Å². The molecular formula is C21H16N2O7. The zero-order chi connectivity index (χ0) is 21.6. The number of nitrogens with one attached hydrogen (secondary N) is 1. The van der Waals surface area contributed by atoms with Gasteiger partial charge in [-0.25, -0.2) is 0 Å². The Morgan fingerprint density at radius 2 is 1.83 bits per heavy atom. The molecule has 0 aromatic heterocycles. The number of hydrogen-bond donors (Lipinski definition) is 2. The molecule has 0 saturated carbocycles. The van der Waals surface area contributed by atoms with E-state index in [-0.39, 0.29) is 33.9 Å². The van der Waals surface area contributed by atoms with Gasteiger partial charge in [0, 0.05) is 23.7 Å². The monoisotopic (exact) mass is 408 g/mol. The average Bonchev–Trinajstić information content (AvgIpc) is 2.76. The lowest BCUT2D eigenvalue weighted by molar-refractivity contribution is -0.432. The van der Waals surface area contributed by atoms with Crippen molar-refractivity contribution in [3.63, 3.8) is 0 Å². The first-order valence-corrected chi connectivity index (χ1v) is 8.92. The molecule has 2 N–H and O–H groups in total. The van der Waals surface area contributed by atoms with Gasteiger partial charge in [-0.05, 0) is 18.2 Å². The molecule has 1 unspecified atom stereocenters. The Bertz CT molecular complexity index is 1180. The maximum absolute atomic E-state index is 13.0. The highest BCUT2D eigenvalue weighted by Gasteiger charge is 2.47. The lowest BCUT2D eigenvalue weighted by Crippen LogP contribution is -2.33. The molecule has 0 bridgehead atoms. The van der Waals surface area contributed by atoms with E-state index in [0.717, 1.165) is 0 Å². The van der Waals surface area contributed by atoms with E-state index in [1.54, 1.807) is 18.2 Å². The molecule has 2 aliphatic rings. The molecule has 4 rings (SSSR count). The first kappa shape index (κ1) is 19.2. The number of fused-ring (bicyclic) bond motifs is 2. The highest BCUT2D eigenvalue weighted by atomic mass is 16.6. The highest BCUT2D eigenvalue weighted by molar-refractivity contribution is 6.52. The predicted molar refractivity (Wildman–Crippen MR) is 105 cm³/mol. The number of Topliss-reactive ketones (excluding diaryl/α,β-unsaturated/α-hetero) is 2. The minimum absolute atomic E-state index is 0.0437. The summed E-state index contributed by atoms with van der Waals surface area (Å²) in [7, 11) is 2.85. The molecule has 1 aliphatic carbocycles. The number of nitro groups is 1. The van der Waals surface area contributed by atoms with Gasteiger partial charge in [0.15, 0.2) is 0 Å². The van der Waals surface area contributed by atoms with Gasteiger partial charge in [0.1, 0.15) is 23.2 Å². The molecule has 0 radical (unpaired) electrons. The molecule has 0 amide bonds. The molecule has 0 spiro atoms. The van der Waals surface area contributed by atoms with Crippen LogP contribution < -0.4 is 14.8 Å². The van der Waals surface area contributed by atoms with Gasteiger partial charge >= 0.3 is 5.70 Å². The molecule has 2 aromatic carbocycles. The van der Waals surface area contributed by atoms with E-state index in [1.165, 1.54) is 38.4 Å². The van der Waals surface area contributed by atoms with Gasteiger partial charge in [-0.1, -0.05) is 24.3 Å². The Morgan fingerprint density at radius 1 is 1.13 bits per heavy atom. The third-order valence-corrected chi connectivity index (χ3v) is 5.09. The van der Waals surface area contributed by atoms with E-state index in [1.807, 2.05) is 0 Å². The number of methoxy groups -OCH3 is 1. The number of carbonyl (C=O) groups is 2. The van der Waals surface area contributed by atoms with E-state index in [9.17, 15) is 24.8 Å². The molecule has 0 saturated heterocycles. The fraction of sp³-hybridized carbons (Fsp3) is 0.143. The summed E-state index contributed by atoms with van der Waals surface area (Å²) >= 11 is 0. The van der Waals surface area contributed by atoms with Crippen molar-refractivity contribution in [2.75, 3.05) is 14.2 Å². The van der Waals surface area contributed by atoms with Crippen LogP contribution in [0.2, 0.25) is 0 Å². The first-order valence-electron chi connectivity index (χ1n) is 8.92. The Labute approximate surface area is 170 Å². The van der Waals surface area contributed by atoms with Crippen LogP contribution in [-0.2, 0) is 4.79 Å². The van der Waals surface area contributed by atoms with E-state index < -0.39 is 33.9 Å². The average molecular weight is 408 g/mol. The lowest BCUT2D eigenvalue weighted by atomic mass is 9.77. The maximum atomic E-state index is 13.0. The topological polar surface area (TPSA) is 128 Å². The fourth-order valence-corrected chi connectivity index (χ4v) is 3.73. The van der Waals surface area contributed by atoms with Crippen LogP contribution in [0.3, 0.4) is 0 Å². The second-order valence-corrected chi connectivity index (χ2v) is 6.63. The van der Waals surface area contributed by atoms with Gasteiger partial charge in [-0.2, -0.15) is 0 Å². The van der Waals surface area contributed by atoms with E-state index in [0.29, 0.717) is 5.75 Å². The Balaban J connectivity index is 2.07. The number of ether oxygens (including phenoxy) is 2. The van der Waals surface area contributed by atoms with Gasteiger partial charge in [-0.3, -0.25) is 19.7 Å². The number of aliphatic hydroxyl groups excluding tert-OH is 1. The van der Waals surface area contributed by atoms with Crippen molar-refractivity contribution in [1.29, 1.82) is 0 Å². The van der Waals surface area contributed by atoms with Gasteiger partial charge in [-0.15, -0.1) is 0 Å². The predicted octanol–water partition coefficient (Wildman–Crippen LogP) is 2.57. The van der Waals surface area contributed by atoms with Gasteiger partial charge < -0.3 is 19.9 Å². The lowest BCUT2D eigenvalue weighted by Gasteiger charge is -2.28. The number of benzene rings is 2. The van der Waals surface area contributed by atoms with Crippen molar-refractivity contribution in [3.05, 3.63) is 86.4 Å². The first-order chi connectivity index (χ1) is 14.4. The summed E-state index contributed by atoms with van der Waals surface area (Å²) in [5.41, 5.74) is -0.470. The van der Waals surface area contributed by atoms with Gasteiger partial charge in [0.25, 0.3) is 5.88 Å².